The van der Waals surface area contributed by atoms with Crippen LogP contribution in [-0.4, -0.2) is 127 Å². The van der Waals surface area contributed by atoms with Crippen LogP contribution in [0.5, 0.6) is 0 Å². The summed E-state index contributed by atoms with van der Waals surface area (Å²) in [5.74, 6) is -8.43. The van der Waals surface area contributed by atoms with Gasteiger partial charge < -0.3 is 58.9 Å². The van der Waals surface area contributed by atoms with Gasteiger partial charge in [-0.15, -0.1) is 0 Å². The summed E-state index contributed by atoms with van der Waals surface area (Å²) in [5.41, 5.74) is 16.4. The van der Waals surface area contributed by atoms with Crippen LogP contribution in [0.2, 0.25) is 0 Å². The lowest BCUT2D eigenvalue weighted by atomic mass is 10.1. The van der Waals surface area contributed by atoms with Gasteiger partial charge in [-0.3, -0.25) is 43.3 Å². The van der Waals surface area contributed by atoms with Gasteiger partial charge in [0.15, 0.2) is 0 Å². The average molecular weight is 738 g/mol. The first-order valence-electron chi connectivity index (χ1n) is 13.9. The van der Waals surface area contributed by atoms with E-state index in [0.29, 0.717) is 5.82 Å². The van der Waals surface area contributed by atoms with Crippen LogP contribution >= 0.6 is 21.6 Å². The first-order valence-corrected chi connectivity index (χ1v) is 16.4. The number of rotatable bonds is 21. The van der Waals surface area contributed by atoms with Crippen molar-refractivity contribution >= 4 is 74.9 Å². The summed E-state index contributed by atoms with van der Waals surface area (Å²) in [6.45, 7) is 0.296. The first kappa shape index (κ1) is 44.1. The molecule has 4 amide bonds. The molecule has 1 aromatic rings. The molecule has 0 aliphatic carbocycles. The van der Waals surface area contributed by atoms with Gasteiger partial charge in [-0.25, -0.2) is 9.78 Å². The number of aryl methyl sites for hydroxylation is 1. The van der Waals surface area contributed by atoms with Gasteiger partial charge in [0, 0.05) is 36.1 Å². The van der Waals surface area contributed by atoms with Crippen molar-refractivity contribution in [3.05, 3.63) is 22.2 Å². The lowest BCUT2D eigenvalue weighted by molar-refractivity contribution is -0.140. The van der Waals surface area contributed by atoms with Gasteiger partial charge in [-0.2, -0.15) is 0 Å². The molecule has 0 radical (unpaired) electrons. The summed E-state index contributed by atoms with van der Waals surface area (Å²) < 4.78 is 0. The molecule has 0 spiro atoms. The Morgan fingerprint density at radius 2 is 1.16 bits per heavy atom. The van der Waals surface area contributed by atoms with Crippen LogP contribution in [0.3, 0.4) is 0 Å². The van der Waals surface area contributed by atoms with Crippen LogP contribution < -0.4 is 44.2 Å². The fourth-order valence-electron chi connectivity index (χ4n) is 2.99. The summed E-state index contributed by atoms with van der Waals surface area (Å²) in [4.78, 5) is 108. The van der Waals surface area contributed by atoms with Crippen molar-refractivity contribution < 1.29 is 58.8 Å². The normalized spacial score (nSPS) is 12.8. The molecule has 1 aromatic heterocycles. The summed E-state index contributed by atoms with van der Waals surface area (Å²) in [7, 11) is 1.89. The Bertz CT molecular complexity index is 1320. The number of H-pyrrole nitrogens is 1. The molecule has 0 fully saturated rings. The van der Waals surface area contributed by atoms with Crippen molar-refractivity contribution in [3.63, 3.8) is 0 Å². The molecule has 0 aliphatic rings. The number of nitrogens with one attached hydrogen (secondary N) is 5. The van der Waals surface area contributed by atoms with Gasteiger partial charge in [0.1, 0.15) is 43.1 Å². The van der Waals surface area contributed by atoms with Crippen molar-refractivity contribution in [1.82, 2.24) is 31.2 Å². The third kappa shape index (κ3) is 20.8. The van der Waals surface area contributed by atoms with Crippen LogP contribution in [0.15, 0.2) is 11.0 Å². The van der Waals surface area contributed by atoms with E-state index in [1.165, 1.54) is 6.20 Å². The Hall–Kier alpha value is -4.94. The quantitative estimate of drug-likeness (QED) is 0.0420. The van der Waals surface area contributed by atoms with Crippen molar-refractivity contribution in [2.24, 2.45) is 11.5 Å². The molecule has 0 aromatic carbocycles. The molecule has 0 saturated heterocycles. The third-order valence-corrected chi connectivity index (χ3v) is 8.15. The largest absolute Gasteiger partial charge is 0.480 e. The fraction of sp³-hybridized carbons (Fsp3) is 0.520. The molecule has 49 heavy (non-hydrogen) atoms. The highest BCUT2D eigenvalue weighted by Gasteiger charge is 2.25. The van der Waals surface area contributed by atoms with E-state index in [1.807, 2.05) is 0 Å². The number of nitrogens with two attached hydrogens (primary N) is 3. The van der Waals surface area contributed by atoms with Gasteiger partial charge in [0.2, 0.25) is 23.6 Å². The summed E-state index contributed by atoms with van der Waals surface area (Å²) in [6, 6.07) is -5.16. The molecule has 0 saturated carbocycles. The second-order valence-electron chi connectivity index (χ2n) is 9.78. The van der Waals surface area contributed by atoms with E-state index >= 15 is 0 Å². The molecule has 274 valence electrons. The number of hydrogen-bond acceptors (Lipinski definition) is 15. The Kier molecular flexibility index (Phi) is 21.0. The molecule has 0 bridgehead atoms. The van der Waals surface area contributed by atoms with E-state index in [1.54, 1.807) is 6.92 Å². The molecule has 1 rings (SSSR count). The Morgan fingerprint density at radius 3 is 1.47 bits per heavy atom. The summed E-state index contributed by atoms with van der Waals surface area (Å²) in [5, 5.41) is 44.1. The maximum Gasteiger partial charge on any atom is 0.346 e. The van der Waals surface area contributed by atoms with E-state index in [0.717, 1.165) is 27.2 Å². The first-order chi connectivity index (χ1) is 22.8. The fourth-order valence-corrected chi connectivity index (χ4v) is 5.32. The highest BCUT2D eigenvalue weighted by atomic mass is 33.1. The zero-order valence-corrected chi connectivity index (χ0v) is 27.6. The number of anilines is 1. The molecule has 0 aliphatic heterocycles. The number of carboxylic acids is 4. The molecule has 15 N–H and O–H groups in total. The van der Waals surface area contributed by atoms with Crippen LogP contribution in [0.1, 0.15) is 31.2 Å². The van der Waals surface area contributed by atoms with E-state index in [9.17, 15) is 43.2 Å². The van der Waals surface area contributed by atoms with E-state index in [2.05, 4.69) is 31.2 Å². The Morgan fingerprint density at radius 1 is 0.776 bits per heavy atom. The van der Waals surface area contributed by atoms with Crippen molar-refractivity contribution in [2.45, 2.75) is 56.8 Å². The second kappa shape index (κ2) is 23.4. The number of amides is 4. The van der Waals surface area contributed by atoms with Gasteiger partial charge in [-0.1, -0.05) is 21.6 Å². The topological polar surface area (TPSA) is 389 Å². The number of aromatic nitrogens is 2. The molecular weight excluding hydrogens is 698 g/mol. The zero-order chi connectivity index (χ0) is 37.7. The number of carbonyl (C=O) groups excluding carboxylic acids is 4. The SMILES string of the molecule is Cc1cnc(=O)[nH]c1N.NC(CCC(=O)NC(CSSCC(NC(=O)CCC(N)C(=O)O)C(=O)NCC(=O)O)C(=O)NCC(=O)O)C(=O)O. The minimum absolute atomic E-state index is 0.155. The number of aliphatic carboxylic acids is 4. The molecule has 1 heterocycles. The molecule has 4 unspecified atom stereocenters. The van der Waals surface area contributed by atoms with Gasteiger partial charge >= 0.3 is 29.6 Å². The van der Waals surface area contributed by atoms with E-state index in [4.69, 9.17) is 37.6 Å². The predicted octanol–water partition coefficient (Wildman–Crippen LogP) is -4.22. The van der Waals surface area contributed by atoms with E-state index < -0.39 is 90.5 Å². The van der Waals surface area contributed by atoms with Gasteiger partial charge in [0.25, 0.3) is 0 Å². The highest BCUT2D eigenvalue weighted by molar-refractivity contribution is 8.76. The molecule has 22 nitrogen and oxygen atoms in total. The lowest BCUT2D eigenvalue weighted by Gasteiger charge is -2.20. The number of nitrogen functional groups attached to an aromatic ring is 1. The highest BCUT2D eigenvalue weighted by Crippen LogP contribution is 2.23. The second-order valence-corrected chi connectivity index (χ2v) is 12.3. The van der Waals surface area contributed by atoms with Gasteiger partial charge in [-0.05, 0) is 19.8 Å². The maximum atomic E-state index is 12.4. The molecule has 4 atom stereocenters. The standard InChI is InChI=1S/C20H32N6O12S2.C5H7N3O/c21-9(19(35)36)1-3-13(27)25-11(17(33)23-5-15(29)30)7-39-40-8-12(18(34)24-6-16(31)32)26-14(28)4-2-10(22)20(37)38;1-3-2-7-5(9)8-4(3)6/h9-12H,1-8,21-22H2,(H,23,33)(H,24,34)(H,25,27)(H,26,28)(H,29,30)(H,31,32)(H,35,36)(H,37,38);2H,1H3,(H3,6,7,8,9). The minimum Gasteiger partial charge on any atom is -0.480 e. The smallest absolute Gasteiger partial charge is 0.346 e. The van der Waals surface area contributed by atoms with E-state index in [-0.39, 0.29) is 37.2 Å². The van der Waals surface area contributed by atoms with Gasteiger partial charge in [0.05, 0.1) is 0 Å². The molecule has 24 heteroatoms. The molecular formula is C25H39N9O13S2. The van der Waals surface area contributed by atoms with Crippen LogP contribution in [0.4, 0.5) is 5.82 Å². The number of aromatic amines is 1. The van der Waals surface area contributed by atoms with Crippen molar-refractivity contribution in [3.8, 4) is 0 Å². The van der Waals surface area contributed by atoms with Crippen LogP contribution in [0.25, 0.3) is 0 Å². The number of hydrogen-bond donors (Lipinski definition) is 12. The third-order valence-electron chi connectivity index (χ3n) is 5.72. The minimum atomic E-state index is -1.34. The van der Waals surface area contributed by atoms with Crippen molar-refractivity contribution in [1.29, 1.82) is 0 Å². The number of carbonyl (C=O) groups is 8. The van der Waals surface area contributed by atoms with Crippen LogP contribution in [-0.2, 0) is 38.4 Å². The number of carboxylic acid groups (broad SMARTS) is 4. The monoisotopic (exact) mass is 737 g/mol. The Balaban J connectivity index is 0.00000219. The summed E-state index contributed by atoms with van der Waals surface area (Å²) >= 11 is 0. The zero-order valence-electron chi connectivity index (χ0n) is 26.0. The maximum absolute atomic E-state index is 12.4. The average Bonchev–Trinajstić information content (AvgIpc) is 3.02. The lowest BCUT2D eigenvalue weighted by Crippen LogP contribution is -2.50. The van der Waals surface area contributed by atoms with Crippen LogP contribution in [0, 0.1) is 6.92 Å². The predicted molar refractivity (Wildman–Crippen MR) is 174 cm³/mol. The summed E-state index contributed by atoms with van der Waals surface area (Å²) in [6.07, 6.45) is 0.316. The van der Waals surface area contributed by atoms with Crippen molar-refractivity contribution in [2.75, 3.05) is 30.3 Å². The number of nitrogens with zero attached hydrogens (tertiary/aromatic N) is 1. The Labute approximate surface area is 285 Å².